The van der Waals surface area contributed by atoms with Crippen LogP contribution in [0.25, 0.3) is 0 Å². The van der Waals surface area contributed by atoms with Crippen LogP contribution in [-0.4, -0.2) is 19.1 Å². The molecule has 17 heavy (non-hydrogen) atoms. The summed E-state index contributed by atoms with van der Waals surface area (Å²) >= 11 is 0. The fourth-order valence-corrected chi connectivity index (χ4v) is 1.38. The van der Waals surface area contributed by atoms with Gasteiger partial charge in [0.2, 0.25) is 5.91 Å². The number of hydrogen-bond donors (Lipinski definition) is 2. The van der Waals surface area contributed by atoms with Gasteiger partial charge in [0, 0.05) is 0 Å². The maximum absolute atomic E-state index is 13.4. The molecule has 0 saturated carbocycles. The predicted molar refractivity (Wildman–Crippen MR) is 63.2 cm³/mol. The van der Waals surface area contributed by atoms with Gasteiger partial charge in [-0.25, -0.2) is 4.39 Å². The predicted octanol–water partition coefficient (Wildman–Crippen LogP) is 1.36. The van der Waals surface area contributed by atoms with Crippen molar-refractivity contribution in [1.82, 2.24) is 5.32 Å². The molecule has 0 aliphatic heterocycles. The second-order valence-electron chi connectivity index (χ2n) is 3.91. The summed E-state index contributed by atoms with van der Waals surface area (Å²) in [4.78, 5) is 11.4. The molecule has 0 spiro atoms. The number of rotatable bonds is 4. The van der Waals surface area contributed by atoms with Crippen molar-refractivity contribution in [2.75, 3.05) is 7.11 Å². The van der Waals surface area contributed by atoms with Crippen LogP contribution in [0, 0.1) is 5.82 Å². The third-order valence-corrected chi connectivity index (χ3v) is 2.45. The number of carbonyl (C=O) groups excluding carboxylic acids is 1. The van der Waals surface area contributed by atoms with Crippen LogP contribution in [0.4, 0.5) is 4.39 Å². The summed E-state index contributed by atoms with van der Waals surface area (Å²) < 4.78 is 18.3. The van der Waals surface area contributed by atoms with Crippen LogP contribution in [0.15, 0.2) is 18.2 Å². The van der Waals surface area contributed by atoms with Crippen LogP contribution in [0.3, 0.4) is 0 Å². The lowest BCUT2D eigenvalue weighted by molar-refractivity contribution is -0.122. The first-order valence-corrected chi connectivity index (χ1v) is 5.35. The molecular weight excluding hydrogens is 223 g/mol. The van der Waals surface area contributed by atoms with Crippen molar-refractivity contribution in [3.05, 3.63) is 29.6 Å². The van der Waals surface area contributed by atoms with Crippen LogP contribution < -0.4 is 15.8 Å². The first-order chi connectivity index (χ1) is 7.95. The molecule has 1 amide bonds. The third kappa shape index (κ3) is 3.42. The molecule has 1 rings (SSSR count). The summed E-state index contributed by atoms with van der Waals surface area (Å²) in [6.07, 6.45) is 0. The number of ether oxygens (including phenoxy) is 1. The Labute approximate surface area is 100.0 Å². The highest BCUT2D eigenvalue weighted by molar-refractivity contribution is 5.81. The van der Waals surface area contributed by atoms with E-state index in [1.165, 1.54) is 19.2 Å². The molecule has 0 aliphatic rings. The summed E-state index contributed by atoms with van der Waals surface area (Å²) in [5.74, 6) is -0.542. The van der Waals surface area contributed by atoms with Crippen LogP contribution in [0.5, 0.6) is 5.75 Å². The number of carbonyl (C=O) groups is 1. The lowest BCUT2D eigenvalue weighted by Crippen LogP contribution is -2.39. The van der Waals surface area contributed by atoms with E-state index in [4.69, 9.17) is 10.5 Å². The maximum atomic E-state index is 13.4. The Bertz CT molecular complexity index is 407. The molecule has 0 bridgehead atoms. The number of halogens is 1. The highest BCUT2D eigenvalue weighted by Crippen LogP contribution is 2.21. The zero-order chi connectivity index (χ0) is 13.0. The van der Waals surface area contributed by atoms with E-state index in [1.54, 1.807) is 19.9 Å². The lowest BCUT2D eigenvalue weighted by Gasteiger charge is -2.16. The van der Waals surface area contributed by atoms with Crippen molar-refractivity contribution in [3.8, 4) is 5.75 Å². The van der Waals surface area contributed by atoms with E-state index in [2.05, 4.69) is 5.32 Å². The van der Waals surface area contributed by atoms with Crippen molar-refractivity contribution in [2.24, 2.45) is 5.73 Å². The monoisotopic (exact) mass is 240 g/mol. The van der Waals surface area contributed by atoms with E-state index < -0.39 is 11.9 Å². The van der Waals surface area contributed by atoms with Gasteiger partial charge in [-0.3, -0.25) is 4.79 Å². The largest absolute Gasteiger partial charge is 0.494 e. The summed E-state index contributed by atoms with van der Waals surface area (Å²) in [7, 11) is 1.40. The molecule has 2 unspecified atom stereocenters. The summed E-state index contributed by atoms with van der Waals surface area (Å²) in [5, 5.41) is 2.69. The highest BCUT2D eigenvalue weighted by atomic mass is 19.1. The molecule has 0 aromatic heterocycles. The third-order valence-electron chi connectivity index (χ3n) is 2.45. The van der Waals surface area contributed by atoms with Gasteiger partial charge in [0.15, 0.2) is 11.6 Å². The van der Waals surface area contributed by atoms with E-state index in [-0.39, 0.29) is 17.7 Å². The zero-order valence-electron chi connectivity index (χ0n) is 10.2. The Hall–Kier alpha value is -1.62. The highest BCUT2D eigenvalue weighted by Gasteiger charge is 2.14. The summed E-state index contributed by atoms with van der Waals surface area (Å²) in [5.41, 5.74) is 6.10. The van der Waals surface area contributed by atoms with E-state index in [0.717, 1.165) is 0 Å². The molecule has 0 fully saturated rings. The van der Waals surface area contributed by atoms with Gasteiger partial charge in [-0.2, -0.15) is 0 Å². The van der Waals surface area contributed by atoms with Gasteiger partial charge in [0.05, 0.1) is 19.2 Å². The molecule has 2 atom stereocenters. The molecule has 3 N–H and O–H groups in total. The Kier molecular flexibility index (Phi) is 4.45. The number of nitrogens with one attached hydrogen (secondary N) is 1. The van der Waals surface area contributed by atoms with Gasteiger partial charge < -0.3 is 15.8 Å². The average Bonchev–Trinajstić information content (AvgIpc) is 2.28. The minimum atomic E-state index is -0.583. The quantitative estimate of drug-likeness (QED) is 0.835. The van der Waals surface area contributed by atoms with Gasteiger partial charge in [-0.1, -0.05) is 6.07 Å². The minimum Gasteiger partial charge on any atom is -0.494 e. The molecule has 94 valence electrons. The number of hydrogen-bond acceptors (Lipinski definition) is 3. The number of methoxy groups -OCH3 is 1. The number of nitrogens with two attached hydrogens (primary N) is 1. The molecule has 0 heterocycles. The SMILES string of the molecule is COc1ccc(C(C)NC(=O)C(C)N)cc1F. The normalized spacial score (nSPS) is 13.9. The maximum Gasteiger partial charge on any atom is 0.237 e. The molecule has 1 aromatic carbocycles. The lowest BCUT2D eigenvalue weighted by atomic mass is 10.1. The topological polar surface area (TPSA) is 64.3 Å². The number of amides is 1. The zero-order valence-corrected chi connectivity index (χ0v) is 10.2. The first-order valence-electron chi connectivity index (χ1n) is 5.35. The van der Waals surface area contributed by atoms with Crippen LogP contribution >= 0.6 is 0 Å². The van der Waals surface area contributed by atoms with Gasteiger partial charge in [-0.05, 0) is 31.5 Å². The fourth-order valence-electron chi connectivity index (χ4n) is 1.38. The van der Waals surface area contributed by atoms with Gasteiger partial charge in [0.25, 0.3) is 0 Å². The van der Waals surface area contributed by atoms with Gasteiger partial charge in [0.1, 0.15) is 0 Å². The smallest absolute Gasteiger partial charge is 0.237 e. The summed E-state index contributed by atoms with van der Waals surface area (Å²) in [6, 6.07) is 3.69. The molecular formula is C12H17FN2O2. The van der Waals surface area contributed by atoms with Crippen molar-refractivity contribution < 1.29 is 13.9 Å². The summed E-state index contributed by atoms with van der Waals surface area (Å²) in [6.45, 7) is 3.36. The van der Waals surface area contributed by atoms with Crippen LogP contribution in [-0.2, 0) is 4.79 Å². The molecule has 4 nitrogen and oxygen atoms in total. The average molecular weight is 240 g/mol. The van der Waals surface area contributed by atoms with Crippen molar-refractivity contribution in [2.45, 2.75) is 25.9 Å². The fraction of sp³-hybridized carbons (Fsp3) is 0.417. The van der Waals surface area contributed by atoms with Crippen molar-refractivity contribution in [1.29, 1.82) is 0 Å². The minimum absolute atomic E-state index is 0.180. The standard InChI is InChI=1S/C12H17FN2O2/c1-7(14)12(16)15-8(2)9-4-5-11(17-3)10(13)6-9/h4-8H,14H2,1-3H3,(H,15,16). The second kappa shape index (κ2) is 5.63. The van der Waals surface area contributed by atoms with E-state index in [1.807, 2.05) is 0 Å². The van der Waals surface area contributed by atoms with Crippen LogP contribution in [0.1, 0.15) is 25.5 Å². The van der Waals surface area contributed by atoms with Crippen molar-refractivity contribution in [3.63, 3.8) is 0 Å². The van der Waals surface area contributed by atoms with Crippen molar-refractivity contribution >= 4 is 5.91 Å². The Balaban J connectivity index is 2.79. The van der Waals surface area contributed by atoms with E-state index >= 15 is 0 Å². The number of benzene rings is 1. The molecule has 0 radical (unpaired) electrons. The molecule has 0 aliphatic carbocycles. The Morgan fingerprint density at radius 1 is 1.47 bits per heavy atom. The molecule has 5 heteroatoms. The van der Waals surface area contributed by atoms with E-state index in [0.29, 0.717) is 5.56 Å². The molecule has 1 aromatic rings. The first kappa shape index (κ1) is 13.4. The van der Waals surface area contributed by atoms with Gasteiger partial charge in [-0.15, -0.1) is 0 Å². The van der Waals surface area contributed by atoms with E-state index in [9.17, 15) is 9.18 Å². The van der Waals surface area contributed by atoms with Gasteiger partial charge >= 0.3 is 0 Å². The molecule has 0 saturated heterocycles. The second-order valence-corrected chi connectivity index (χ2v) is 3.91. The van der Waals surface area contributed by atoms with Crippen LogP contribution in [0.2, 0.25) is 0 Å². The Morgan fingerprint density at radius 3 is 2.59 bits per heavy atom. The Morgan fingerprint density at radius 2 is 2.12 bits per heavy atom.